The van der Waals surface area contributed by atoms with Gasteiger partial charge in [0.2, 0.25) is 0 Å². The molecule has 0 amide bonds. The van der Waals surface area contributed by atoms with Gasteiger partial charge in [-0.1, -0.05) is 12.1 Å². The molecule has 20 heavy (non-hydrogen) atoms. The summed E-state index contributed by atoms with van der Waals surface area (Å²) in [6.45, 7) is 6.81. The maximum Gasteiger partial charge on any atom is 0.119 e. The molecule has 0 aliphatic carbocycles. The highest BCUT2D eigenvalue weighted by molar-refractivity contribution is 5.29. The Bertz CT molecular complexity index is 450. The molecule has 0 aromatic heterocycles. The SMILES string of the molecule is CC(N)Cc1cccc(OCCN2CC3(CCO3)C2)c1. The van der Waals surface area contributed by atoms with Gasteiger partial charge in [0.1, 0.15) is 12.4 Å². The van der Waals surface area contributed by atoms with Crippen molar-refractivity contribution in [2.24, 2.45) is 5.73 Å². The second-order valence-corrected chi connectivity index (χ2v) is 6.17. The van der Waals surface area contributed by atoms with Crippen LogP contribution in [-0.2, 0) is 11.2 Å². The molecule has 3 rings (SSSR count). The van der Waals surface area contributed by atoms with Crippen molar-refractivity contribution in [3.05, 3.63) is 29.8 Å². The van der Waals surface area contributed by atoms with Gasteiger partial charge in [-0.3, -0.25) is 4.90 Å². The standard InChI is InChI=1S/C16H24N2O2/c1-13(17)9-14-3-2-4-15(10-14)19-8-6-18-11-16(12-18)5-7-20-16/h2-4,10,13H,5-9,11-12,17H2,1H3. The van der Waals surface area contributed by atoms with E-state index in [0.717, 1.165) is 45.0 Å². The van der Waals surface area contributed by atoms with Crippen LogP contribution >= 0.6 is 0 Å². The Hall–Kier alpha value is -1.10. The van der Waals surface area contributed by atoms with Gasteiger partial charge in [0, 0.05) is 32.1 Å². The van der Waals surface area contributed by atoms with Crippen LogP contribution in [0.25, 0.3) is 0 Å². The second kappa shape index (κ2) is 5.72. The van der Waals surface area contributed by atoms with Crippen LogP contribution in [0.4, 0.5) is 0 Å². The summed E-state index contributed by atoms with van der Waals surface area (Å²) < 4.78 is 11.4. The van der Waals surface area contributed by atoms with Crippen LogP contribution in [0.5, 0.6) is 5.75 Å². The minimum atomic E-state index is 0.185. The van der Waals surface area contributed by atoms with Gasteiger partial charge in [-0.25, -0.2) is 0 Å². The van der Waals surface area contributed by atoms with Crippen molar-refractivity contribution in [2.75, 3.05) is 32.8 Å². The molecule has 2 aliphatic rings. The summed E-state index contributed by atoms with van der Waals surface area (Å²) in [6, 6.07) is 8.43. The first-order valence-corrected chi connectivity index (χ1v) is 7.49. The molecule has 2 saturated heterocycles. The Morgan fingerprint density at radius 3 is 2.90 bits per heavy atom. The summed E-state index contributed by atoms with van der Waals surface area (Å²) in [6.07, 6.45) is 2.12. The zero-order valence-electron chi connectivity index (χ0n) is 12.2. The normalized spacial score (nSPS) is 22.1. The molecule has 110 valence electrons. The summed E-state index contributed by atoms with van der Waals surface area (Å²) in [5, 5.41) is 0. The van der Waals surface area contributed by atoms with E-state index < -0.39 is 0 Å². The first-order valence-electron chi connectivity index (χ1n) is 7.49. The van der Waals surface area contributed by atoms with Crippen molar-refractivity contribution in [1.82, 2.24) is 4.90 Å². The van der Waals surface area contributed by atoms with E-state index in [0.29, 0.717) is 0 Å². The van der Waals surface area contributed by atoms with E-state index in [1.54, 1.807) is 0 Å². The smallest absolute Gasteiger partial charge is 0.119 e. The lowest BCUT2D eigenvalue weighted by Crippen LogP contribution is -2.68. The number of likely N-dealkylation sites (tertiary alicyclic amines) is 1. The molecular weight excluding hydrogens is 252 g/mol. The Labute approximate surface area is 120 Å². The highest BCUT2D eigenvalue weighted by atomic mass is 16.5. The number of ether oxygens (including phenoxy) is 2. The van der Waals surface area contributed by atoms with E-state index in [1.807, 2.05) is 19.1 Å². The molecule has 0 radical (unpaired) electrons. The van der Waals surface area contributed by atoms with Crippen molar-refractivity contribution in [3.63, 3.8) is 0 Å². The number of nitrogens with two attached hydrogens (primary N) is 1. The van der Waals surface area contributed by atoms with E-state index in [2.05, 4.69) is 17.0 Å². The summed E-state index contributed by atoms with van der Waals surface area (Å²) in [4.78, 5) is 2.39. The van der Waals surface area contributed by atoms with Crippen LogP contribution < -0.4 is 10.5 Å². The summed E-state index contributed by atoms with van der Waals surface area (Å²) in [5.41, 5.74) is 7.28. The van der Waals surface area contributed by atoms with Crippen molar-refractivity contribution in [1.29, 1.82) is 0 Å². The third-order valence-corrected chi connectivity index (χ3v) is 4.12. The second-order valence-electron chi connectivity index (χ2n) is 6.17. The predicted molar refractivity (Wildman–Crippen MR) is 79.0 cm³/mol. The Morgan fingerprint density at radius 1 is 1.45 bits per heavy atom. The predicted octanol–water partition coefficient (Wildman–Crippen LogP) is 1.43. The van der Waals surface area contributed by atoms with Crippen LogP contribution in [0.3, 0.4) is 0 Å². The molecule has 2 heterocycles. The van der Waals surface area contributed by atoms with Crippen LogP contribution in [0, 0.1) is 0 Å². The lowest BCUT2D eigenvalue weighted by molar-refractivity contribution is -0.221. The number of rotatable bonds is 6. The number of benzene rings is 1. The van der Waals surface area contributed by atoms with Gasteiger partial charge in [-0.2, -0.15) is 0 Å². The van der Waals surface area contributed by atoms with Gasteiger partial charge in [-0.05, 0) is 31.0 Å². The first-order chi connectivity index (χ1) is 9.65. The maximum atomic E-state index is 5.83. The molecule has 2 aliphatic heterocycles. The van der Waals surface area contributed by atoms with Crippen LogP contribution in [0.15, 0.2) is 24.3 Å². The van der Waals surface area contributed by atoms with Gasteiger partial charge in [0.15, 0.2) is 0 Å². The minimum absolute atomic E-state index is 0.185. The molecule has 2 N–H and O–H groups in total. The average Bonchev–Trinajstić information content (AvgIpc) is 2.29. The summed E-state index contributed by atoms with van der Waals surface area (Å²) >= 11 is 0. The molecule has 2 fully saturated rings. The molecule has 1 spiro atoms. The molecule has 0 saturated carbocycles. The third kappa shape index (κ3) is 3.14. The molecule has 4 nitrogen and oxygen atoms in total. The lowest BCUT2D eigenvalue weighted by atomic mass is 9.86. The van der Waals surface area contributed by atoms with Gasteiger partial charge < -0.3 is 15.2 Å². The molecular formula is C16H24N2O2. The quantitative estimate of drug-likeness (QED) is 0.854. The molecule has 4 heteroatoms. The molecule has 1 aromatic rings. The highest BCUT2D eigenvalue weighted by Gasteiger charge is 2.48. The van der Waals surface area contributed by atoms with Crippen molar-refractivity contribution in [2.45, 2.75) is 31.4 Å². The van der Waals surface area contributed by atoms with E-state index >= 15 is 0 Å². The fourth-order valence-electron chi connectivity index (χ4n) is 2.99. The maximum absolute atomic E-state index is 5.83. The molecule has 0 bridgehead atoms. The Balaban J connectivity index is 1.40. The van der Waals surface area contributed by atoms with Gasteiger partial charge in [0.25, 0.3) is 0 Å². The largest absolute Gasteiger partial charge is 0.492 e. The van der Waals surface area contributed by atoms with Crippen molar-refractivity contribution < 1.29 is 9.47 Å². The lowest BCUT2D eigenvalue weighted by Gasteiger charge is -2.55. The summed E-state index contributed by atoms with van der Waals surface area (Å²) in [7, 11) is 0. The van der Waals surface area contributed by atoms with Gasteiger partial charge >= 0.3 is 0 Å². The fraction of sp³-hybridized carbons (Fsp3) is 0.625. The molecule has 1 unspecified atom stereocenters. The van der Waals surface area contributed by atoms with E-state index in [-0.39, 0.29) is 11.6 Å². The van der Waals surface area contributed by atoms with E-state index in [9.17, 15) is 0 Å². The zero-order valence-corrected chi connectivity index (χ0v) is 12.2. The van der Waals surface area contributed by atoms with Crippen LogP contribution in [0.2, 0.25) is 0 Å². The number of hydrogen-bond donors (Lipinski definition) is 1. The monoisotopic (exact) mass is 276 g/mol. The molecule has 1 aromatic carbocycles. The highest BCUT2D eigenvalue weighted by Crippen LogP contribution is 2.35. The van der Waals surface area contributed by atoms with Crippen molar-refractivity contribution >= 4 is 0 Å². The van der Waals surface area contributed by atoms with Crippen LogP contribution in [0.1, 0.15) is 18.9 Å². The topological polar surface area (TPSA) is 47.7 Å². The average molecular weight is 276 g/mol. The first kappa shape index (κ1) is 13.9. The molecule has 1 atom stereocenters. The van der Waals surface area contributed by atoms with Gasteiger partial charge in [0.05, 0.1) is 12.2 Å². The number of nitrogens with zero attached hydrogens (tertiary/aromatic N) is 1. The van der Waals surface area contributed by atoms with E-state index in [1.165, 1.54) is 12.0 Å². The van der Waals surface area contributed by atoms with Gasteiger partial charge in [-0.15, -0.1) is 0 Å². The summed E-state index contributed by atoms with van der Waals surface area (Å²) in [5.74, 6) is 0.943. The van der Waals surface area contributed by atoms with Crippen LogP contribution in [-0.4, -0.2) is 49.4 Å². The zero-order chi connectivity index (χ0) is 14.0. The third-order valence-electron chi connectivity index (χ3n) is 4.12. The Morgan fingerprint density at radius 2 is 2.25 bits per heavy atom. The van der Waals surface area contributed by atoms with Crippen molar-refractivity contribution in [3.8, 4) is 5.75 Å². The minimum Gasteiger partial charge on any atom is -0.492 e. The fourth-order valence-corrected chi connectivity index (χ4v) is 2.99. The van der Waals surface area contributed by atoms with E-state index in [4.69, 9.17) is 15.2 Å². The Kier molecular flexibility index (Phi) is 3.96. The number of hydrogen-bond acceptors (Lipinski definition) is 4.